The van der Waals surface area contributed by atoms with Crippen LogP contribution in [0, 0.1) is 17.6 Å². The van der Waals surface area contributed by atoms with Crippen LogP contribution in [0.15, 0.2) is 12.1 Å². The van der Waals surface area contributed by atoms with Gasteiger partial charge in [-0.2, -0.15) is 0 Å². The van der Waals surface area contributed by atoms with Gasteiger partial charge in [-0.15, -0.1) is 0 Å². The summed E-state index contributed by atoms with van der Waals surface area (Å²) in [5, 5.41) is 9.99. The highest BCUT2D eigenvalue weighted by Gasteiger charge is 2.22. The minimum atomic E-state index is -1.08. The van der Waals surface area contributed by atoms with Gasteiger partial charge in [0, 0.05) is 12.1 Å². The molecular weight excluding hydrogens is 250 g/mol. The van der Waals surface area contributed by atoms with Gasteiger partial charge in [-0.05, 0) is 18.8 Å². The molecule has 0 saturated heterocycles. The average Bonchev–Trinajstić information content (AvgIpc) is 2.88. The van der Waals surface area contributed by atoms with Gasteiger partial charge in [0.15, 0.2) is 0 Å². The van der Waals surface area contributed by atoms with Crippen molar-refractivity contribution < 1.29 is 18.6 Å². The zero-order valence-electron chi connectivity index (χ0n) is 11.2. The minimum Gasteiger partial charge on any atom is -0.497 e. The molecule has 0 radical (unpaired) electrons. The molecule has 1 N–H and O–H groups in total. The zero-order chi connectivity index (χ0) is 13.8. The Kier molecular flexibility index (Phi) is 4.75. The number of aliphatic hydroxyl groups is 1. The van der Waals surface area contributed by atoms with Crippen LogP contribution in [0.4, 0.5) is 8.78 Å². The van der Waals surface area contributed by atoms with Gasteiger partial charge >= 0.3 is 0 Å². The molecule has 2 rings (SSSR count). The van der Waals surface area contributed by atoms with Crippen molar-refractivity contribution in [2.45, 2.75) is 44.6 Å². The molecule has 1 aromatic rings. The van der Waals surface area contributed by atoms with Gasteiger partial charge in [0.1, 0.15) is 17.4 Å². The van der Waals surface area contributed by atoms with E-state index < -0.39 is 17.7 Å². The lowest BCUT2D eigenvalue weighted by molar-refractivity contribution is 0.147. The van der Waals surface area contributed by atoms with Crippen LogP contribution in [0.3, 0.4) is 0 Å². The molecule has 1 aliphatic rings. The van der Waals surface area contributed by atoms with Gasteiger partial charge in [-0.25, -0.2) is 8.78 Å². The van der Waals surface area contributed by atoms with Crippen molar-refractivity contribution in [1.29, 1.82) is 0 Å². The van der Waals surface area contributed by atoms with Gasteiger partial charge in [0.25, 0.3) is 0 Å². The lowest BCUT2D eigenvalue weighted by Crippen LogP contribution is -2.07. The zero-order valence-corrected chi connectivity index (χ0v) is 11.2. The van der Waals surface area contributed by atoms with Crippen LogP contribution >= 0.6 is 0 Å². The Morgan fingerprint density at radius 2 is 1.84 bits per heavy atom. The largest absolute Gasteiger partial charge is 0.497 e. The third-order valence-electron chi connectivity index (χ3n) is 3.94. The Labute approximate surface area is 112 Å². The molecule has 4 heteroatoms. The standard InChI is InChI=1S/C15H20F2O2/c1-19-11-8-12(16)15(13(17)9-11)14(18)7-6-10-4-2-3-5-10/h8-10,14,18H,2-7H2,1H3. The average molecular weight is 270 g/mol. The second-order valence-electron chi connectivity index (χ2n) is 5.25. The molecule has 2 nitrogen and oxygen atoms in total. The van der Waals surface area contributed by atoms with E-state index in [9.17, 15) is 13.9 Å². The van der Waals surface area contributed by atoms with E-state index in [1.54, 1.807) is 0 Å². The SMILES string of the molecule is COc1cc(F)c(C(O)CCC2CCCC2)c(F)c1. The highest BCUT2D eigenvalue weighted by molar-refractivity contribution is 5.31. The second kappa shape index (κ2) is 6.33. The van der Waals surface area contributed by atoms with Crippen LogP contribution in [0.25, 0.3) is 0 Å². The van der Waals surface area contributed by atoms with Crippen LogP contribution in [-0.4, -0.2) is 12.2 Å². The van der Waals surface area contributed by atoms with Crippen LogP contribution in [0.1, 0.15) is 50.2 Å². The van der Waals surface area contributed by atoms with E-state index >= 15 is 0 Å². The molecule has 0 spiro atoms. The molecule has 0 aliphatic heterocycles. The van der Waals surface area contributed by atoms with Gasteiger partial charge < -0.3 is 9.84 Å². The lowest BCUT2D eigenvalue weighted by atomic mass is 9.96. The van der Waals surface area contributed by atoms with Gasteiger partial charge in [-0.3, -0.25) is 0 Å². The fraction of sp³-hybridized carbons (Fsp3) is 0.600. The van der Waals surface area contributed by atoms with Crippen molar-refractivity contribution in [2.75, 3.05) is 7.11 Å². The Morgan fingerprint density at radius 3 is 2.37 bits per heavy atom. The normalized spacial score (nSPS) is 17.7. The monoisotopic (exact) mass is 270 g/mol. The molecule has 1 aromatic carbocycles. The van der Waals surface area contributed by atoms with Gasteiger partial charge in [0.05, 0.1) is 18.8 Å². The summed E-state index contributed by atoms with van der Waals surface area (Å²) >= 11 is 0. The number of halogens is 2. The van der Waals surface area contributed by atoms with Crippen LogP contribution in [-0.2, 0) is 0 Å². The highest BCUT2D eigenvalue weighted by atomic mass is 19.1. The number of rotatable bonds is 5. The predicted molar refractivity (Wildman–Crippen MR) is 69.1 cm³/mol. The maximum absolute atomic E-state index is 13.8. The summed E-state index contributed by atoms with van der Waals surface area (Å²) in [5.74, 6) is -0.757. The molecule has 19 heavy (non-hydrogen) atoms. The summed E-state index contributed by atoms with van der Waals surface area (Å²) in [7, 11) is 1.35. The number of aliphatic hydroxyl groups excluding tert-OH is 1. The first-order valence-corrected chi connectivity index (χ1v) is 6.82. The molecule has 0 aromatic heterocycles. The first-order chi connectivity index (χ1) is 9.11. The van der Waals surface area contributed by atoms with Crippen molar-refractivity contribution >= 4 is 0 Å². The maximum Gasteiger partial charge on any atom is 0.135 e. The van der Waals surface area contributed by atoms with E-state index in [0.717, 1.165) is 18.6 Å². The highest BCUT2D eigenvalue weighted by Crippen LogP contribution is 2.33. The molecule has 1 fully saturated rings. The fourth-order valence-electron chi connectivity index (χ4n) is 2.83. The van der Waals surface area contributed by atoms with E-state index in [1.807, 2.05) is 0 Å². The maximum atomic E-state index is 13.8. The summed E-state index contributed by atoms with van der Waals surface area (Å²) < 4.78 is 32.3. The number of ether oxygens (including phenoxy) is 1. The second-order valence-corrected chi connectivity index (χ2v) is 5.25. The Hall–Kier alpha value is -1.16. The lowest BCUT2D eigenvalue weighted by Gasteiger charge is -2.16. The van der Waals surface area contributed by atoms with Crippen LogP contribution < -0.4 is 4.74 Å². The fourth-order valence-corrected chi connectivity index (χ4v) is 2.83. The first kappa shape index (κ1) is 14.3. The van der Waals surface area contributed by atoms with Gasteiger partial charge in [-0.1, -0.05) is 25.7 Å². The Morgan fingerprint density at radius 1 is 1.26 bits per heavy atom. The number of methoxy groups -OCH3 is 1. The topological polar surface area (TPSA) is 29.5 Å². The molecular formula is C15H20F2O2. The summed E-state index contributed by atoms with van der Waals surface area (Å²) in [5.41, 5.74) is -0.237. The van der Waals surface area contributed by atoms with Crippen molar-refractivity contribution in [2.24, 2.45) is 5.92 Å². The third-order valence-corrected chi connectivity index (χ3v) is 3.94. The Balaban J connectivity index is 2.03. The first-order valence-electron chi connectivity index (χ1n) is 6.82. The molecule has 0 amide bonds. The molecule has 1 saturated carbocycles. The van der Waals surface area contributed by atoms with Crippen molar-refractivity contribution in [1.82, 2.24) is 0 Å². The quantitative estimate of drug-likeness (QED) is 0.877. The van der Waals surface area contributed by atoms with Gasteiger partial charge in [0.2, 0.25) is 0 Å². The third kappa shape index (κ3) is 3.44. The summed E-state index contributed by atoms with van der Waals surface area (Å²) in [6, 6.07) is 2.22. The van der Waals surface area contributed by atoms with E-state index in [4.69, 9.17) is 4.74 Å². The molecule has 0 heterocycles. The number of hydrogen-bond donors (Lipinski definition) is 1. The summed E-state index contributed by atoms with van der Waals surface area (Å²) in [4.78, 5) is 0. The van der Waals surface area contributed by atoms with Crippen molar-refractivity contribution in [3.05, 3.63) is 29.3 Å². The van der Waals surface area contributed by atoms with E-state index in [2.05, 4.69) is 0 Å². The van der Waals surface area contributed by atoms with Crippen molar-refractivity contribution in [3.8, 4) is 5.75 Å². The molecule has 1 atom stereocenters. The number of hydrogen-bond acceptors (Lipinski definition) is 2. The molecule has 1 unspecified atom stereocenters. The van der Waals surface area contributed by atoms with Crippen molar-refractivity contribution in [3.63, 3.8) is 0 Å². The Bertz CT molecular complexity index is 405. The number of benzene rings is 1. The van der Waals surface area contributed by atoms with Crippen LogP contribution in [0.2, 0.25) is 0 Å². The molecule has 106 valence electrons. The van der Waals surface area contributed by atoms with E-state index in [-0.39, 0.29) is 11.3 Å². The van der Waals surface area contributed by atoms with E-state index in [0.29, 0.717) is 12.3 Å². The summed E-state index contributed by atoms with van der Waals surface area (Å²) in [6.07, 6.45) is 4.95. The van der Waals surface area contributed by atoms with E-state index in [1.165, 1.54) is 32.8 Å². The molecule has 0 bridgehead atoms. The summed E-state index contributed by atoms with van der Waals surface area (Å²) in [6.45, 7) is 0. The predicted octanol–water partition coefficient (Wildman–Crippen LogP) is 3.98. The molecule has 1 aliphatic carbocycles. The smallest absolute Gasteiger partial charge is 0.135 e. The minimum absolute atomic E-state index is 0.127. The van der Waals surface area contributed by atoms with Crippen LogP contribution in [0.5, 0.6) is 5.75 Å².